The Morgan fingerprint density at radius 3 is 2.54 bits per heavy atom. The third-order valence-corrected chi connectivity index (χ3v) is 5.25. The Bertz CT molecular complexity index is 722. The van der Waals surface area contributed by atoms with E-state index in [2.05, 4.69) is 32.2 Å². The van der Waals surface area contributed by atoms with Crippen molar-refractivity contribution in [3.05, 3.63) is 24.3 Å². The number of nitrogens with one attached hydrogen (secondary N) is 1. The summed E-state index contributed by atoms with van der Waals surface area (Å²) in [6.07, 6.45) is 1.21. The van der Waals surface area contributed by atoms with E-state index in [9.17, 15) is 8.42 Å². The molecule has 10 heteroatoms. The number of halogens is 1. The van der Waals surface area contributed by atoms with Crippen molar-refractivity contribution in [3.63, 3.8) is 0 Å². The van der Waals surface area contributed by atoms with Gasteiger partial charge in [0.25, 0.3) is 0 Å². The second-order valence-corrected chi connectivity index (χ2v) is 8.65. The molecule has 1 aromatic carbocycles. The molecule has 1 heterocycles. The van der Waals surface area contributed by atoms with Gasteiger partial charge in [-0.3, -0.25) is 4.99 Å². The molecule has 0 amide bonds. The lowest BCUT2D eigenvalue weighted by molar-refractivity contribution is 0.153. The number of nitrogens with zero attached hydrogens (tertiary/aromatic N) is 3. The van der Waals surface area contributed by atoms with Gasteiger partial charge in [-0.15, -0.1) is 24.0 Å². The van der Waals surface area contributed by atoms with E-state index >= 15 is 0 Å². The molecule has 1 aliphatic heterocycles. The van der Waals surface area contributed by atoms with E-state index < -0.39 is 9.84 Å². The highest BCUT2D eigenvalue weighted by atomic mass is 127. The largest absolute Gasteiger partial charge is 0.497 e. The lowest BCUT2D eigenvalue weighted by atomic mass is 10.2. The molecular weight excluding hydrogens is 495 g/mol. The van der Waals surface area contributed by atoms with Crippen LogP contribution in [0.2, 0.25) is 0 Å². The summed E-state index contributed by atoms with van der Waals surface area (Å²) < 4.78 is 32.8. The van der Waals surface area contributed by atoms with Crippen molar-refractivity contribution < 1.29 is 17.9 Å². The zero-order valence-electron chi connectivity index (χ0n) is 16.8. The second kappa shape index (κ2) is 12.3. The number of ether oxygens (including phenoxy) is 2. The predicted octanol–water partition coefficient (Wildman–Crippen LogP) is 1.07. The maximum Gasteiger partial charge on any atom is 0.193 e. The van der Waals surface area contributed by atoms with Gasteiger partial charge in [0.05, 0.1) is 26.1 Å². The Labute approximate surface area is 185 Å². The normalized spacial score (nSPS) is 15.2. The van der Waals surface area contributed by atoms with Gasteiger partial charge in [-0.2, -0.15) is 0 Å². The molecule has 8 nitrogen and oxygen atoms in total. The van der Waals surface area contributed by atoms with Crippen LogP contribution in [0.5, 0.6) is 5.75 Å². The van der Waals surface area contributed by atoms with E-state index in [1.807, 2.05) is 12.1 Å². The molecule has 0 bridgehead atoms. The predicted molar refractivity (Wildman–Crippen MR) is 124 cm³/mol. The molecule has 1 fully saturated rings. The second-order valence-electron chi connectivity index (χ2n) is 6.39. The Morgan fingerprint density at radius 1 is 1.21 bits per heavy atom. The highest BCUT2D eigenvalue weighted by Crippen LogP contribution is 2.22. The van der Waals surface area contributed by atoms with E-state index in [1.165, 1.54) is 6.26 Å². The van der Waals surface area contributed by atoms with Crippen LogP contribution in [0.3, 0.4) is 0 Å². The summed E-state index contributed by atoms with van der Waals surface area (Å²) in [7, 11) is 0.471. The van der Waals surface area contributed by atoms with Crippen LogP contribution < -0.4 is 15.0 Å². The third kappa shape index (κ3) is 8.39. The lowest BCUT2D eigenvalue weighted by Gasteiger charge is -2.37. The first-order valence-corrected chi connectivity index (χ1v) is 11.1. The highest BCUT2D eigenvalue weighted by molar-refractivity contribution is 14.0. The van der Waals surface area contributed by atoms with Gasteiger partial charge >= 0.3 is 0 Å². The summed E-state index contributed by atoms with van der Waals surface area (Å²) in [5.74, 6) is 1.75. The lowest BCUT2D eigenvalue weighted by Crippen LogP contribution is -2.53. The van der Waals surface area contributed by atoms with Gasteiger partial charge in [0.1, 0.15) is 15.6 Å². The minimum absolute atomic E-state index is 0. The number of sulfone groups is 1. The molecule has 1 saturated heterocycles. The van der Waals surface area contributed by atoms with Crippen LogP contribution in [0.4, 0.5) is 5.69 Å². The molecule has 0 radical (unpaired) electrons. The van der Waals surface area contributed by atoms with Gasteiger partial charge in [-0.1, -0.05) is 6.07 Å². The fourth-order valence-electron chi connectivity index (χ4n) is 2.86. The number of piperazine rings is 1. The first kappa shape index (κ1) is 24.8. The number of aliphatic imine (C=N–C) groups is 1. The number of hydrogen-bond acceptors (Lipinski definition) is 6. The van der Waals surface area contributed by atoms with Gasteiger partial charge in [0, 0.05) is 57.8 Å². The van der Waals surface area contributed by atoms with Crippen LogP contribution in [-0.2, 0) is 14.6 Å². The van der Waals surface area contributed by atoms with E-state index in [4.69, 9.17) is 9.47 Å². The van der Waals surface area contributed by atoms with Crippen molar-refractivity contribution in [2.75, 3.05) is 77.0 Å². The van der Waals surface area contributed by atoms with Crippen molar-refractivity contribution in [1.82, 2.24) is 10.2 Å². The molecule has 160 valence electrons. The number of hydrogen-bond donors (Lipinski definition) is 1. The first-order chi connectivity index (χ1) is 12.9. The van der Waals surface area contributed by atoms with Crippen molar-refractivity contribution >= 4 is 45.5 Å². The fourth-order valence-corrected chi connectivity index (χ4v) is 3.28. The summed E-state index contributed by atoms with van der Waals surface area (Å²) in [6, 6.07) is 8.10. The highest BCUT2D eigenvalue weighted by Gasteiger charge is 2.20. The third-order valence-electron chi connectivity index (χ3n) is 4.34. The van der Waals surface area contributed by atoms with E-state index in [0.29, 0.717) is 13.2 Å². The molecule has 0 spiro atoms. The Balaban J connectivity index is 0.00000392. The molecule has 1 aliphatic rings. The maximum atomic E-state index is 11.1. The monoisotopic (exact) mass is 526 g/mol. The molecule has 1 aromatic rings. The standard InChI is InChI=1S/C18H30N4O4S.HI/c1-19-18(20-7-12-26-13-14-27(3,23)24)22-10-8-21(9-11-22)16-5-4-6-17(15-16)25-2;/h4-6,15H,7-14H2,1-3H3,(H,19,20);1H. The van der Waals surface area contributed by atoms with Gasteiger partial charge in [-0.05, 0) is 12.1 Å². The average molecular weight is 526 g/mol. The van der Waals surface area contributed by atoms with Crippen LogP contribution in [0.1, 0.15) is 0 Å². The van der Waals surface area contributed by atoms with E-state index in [1.54, 1.807) is 14.2 Å². The summed E-state index contributed by atoms with van der Waals surface area (Å²) >= 11 is 0. The minimum atomic E-state index is -2.97. The number of anilines is 1. The average Bonchev–Trinajstić information content (AvgIpc) is 2.67. The zero-order chi connectivity index (χ0) is 19.7. The Kier molecular flexibility index (Phi) is 10.9. The molecule has 0 atom stereocenters. The fraction of sp³-hybridized carbons (Fsp3) is 0.611. The topological polar surface area (TPSA) is 83.5 Å². The first-order valence-electron chi connectivity index (χ1n) is 9.03. The molecule has 0 aromatic heterocycles. The number of guanidine groups is 1. The minimum Gasteiger partial charge on any atom is -0.497 e. The van der Waals surface area contributed by atoms with E-state index in [-0.39, 0.29) is 36.3 Å². The van der Waals surface area contributed by atoms with Crippen LogP contribution in [0.15, 0.2) is 29.3 Å². The van der Waals surface area contributed by atoms with Crippen molar-refractivity contribution in [2.24, 2.45) is 4.99 Å². The smallest absolute Gasteiger partial charge is 0.193 e. The van der Waals surface area contributed by atoms with Crippen molar-refractivity contribution in [3.8, 4) is 5.75 Å². The number of benzene rings is 1. The molecule has 0 aliphatic carbocycles. The molecular formula is C18H31IN4O4S. The maximum absolute atomic E-state index is 11.1. The van der Waals surface area contributed by atoms with Crippen LogP contribution in [0.25, 0.3) is 0 Å². The summed E-state index contributed by atoms with van der Waals surface area (Å²) in [6.45, 7) is 4.79. The Morgan fingerprint density at radius 2 is 1.93 bits per heavy atom. The van der Waals surface area contributed by atoms with Gasteiger partial charge in [0.15, 0.2) is 5.96 Å². The quantitative estimate of drug-likeness (QED) is 0.235. The summed E-state index contributed by atoms with van der Waals surface area (Å²) in [5, 5.41) is 3.27. The molecule has 28 heavy (non-hydrogen) atoms. The Hall–Kier alpha value is -1.27. The molecule has 0 unspecified atom stereocenters. The van der Waals surface area contributed by atoms with Gasteiger partial charge in [0.2, 0.25) is 0 Å². The van der Waals surface area contributed by atoms with Crippen molar-refractivity contribution in [1.29, 1.82) is 0 Å². The zero-order valence-corrected chi connectivity index (χ0v) is 19.9. The van der Waals surface area contributed by atoms with E-state index in [0.717, 1.165) is 43.6 Å². The number of rotatable bonds is 8. The van der Waals surface area contributed by atoms with Gasteiger partial charge < -0.3 is 24.6 Å². The van der Waals surface area contributed by atoms with Crippen molar-refractivity contribution in [2.45, 2.75) is 0 Å². The molecule has 2 rings (SSSR count). The SMILES string of the molecule is CN=C(NCCOCCS(C)(=O)=O)N1CCN(c2cccc(OC)c2)CC1.I. The summed E-state index contributed by atoms with van der Waals surface area (Å²) in [4.78, 5) is 8.88. The van der Waals surface area contributed by atoms with Crippen LogP contribution in [0, 0.1) is 0 Å². The van der Waals surface area contributed by atoms with Crippen LogP contribution >= 0.6 is 24.0 Å². The molecule has 1 N–H and O–H groups in total. The van der Waals surface area contributed by atoms with Gasteiger partial charge in [-0.25, -0.2) is 8.42 Å². The van der Waals surface area contributed by atoms with Crippen LogP contribution in [-0.4, -0.2) is 91.4 Å². The summed E-state index contributed by atoms with van der Waals surface area (Å²) in [5.41, 5.74) is 1.16. The molecule has 0 saturated carbocycles. The number of methoxy groups -OCH3 is 1.